The van der Waals surface area contributed by atoms with Crippen LogP contribution in [0.15, 0.2) is 22.2 Å². The highest BCUT2D eigenvalue weighted by Crippen LogP contribution is 2.26. The van der Waals surface area contributed by atoms with Crippen LogP contribution in [0.1, 0.15) is 19.0 Å². The van der Waals surface area contributed by atoms with Gasteiger partial charge in [0.15, 0.2) is 0 Å². The van der Waals surface area contributed by atoms with Gasteiger partial charge in [0.05, 0.1) is 5.69 Å². The highest BCUT2D eigenvalue weighted by Gasteiger charge is 2.23. The Kier molecular flexibility index (Phi) is 3.98. The molecular formula is C14H19N3S2. The number of piperidine rings is 1. The molecule has 0 spiro atoms. The van der Waals surface area contributed by atoms with Crippen LogP contribution in [0.2, 0.25) is 0 Å². The second kappa shape index (κ2) is 5.71. The zero-order valence-corrected chi connectivity index (χ0v) is 12.7. The third-order valence-electron chi connectivity index (χ3n) is 3.76. The molecule has 1 aliphatic heterocycles. The summed E-state index contributed by atoms with van der Waals surface area (Å²) in [5.41, 5.74) is 8.50. The van der Waals surface area contributed by atoms with Gasteiger partial charge in [0.25, 0.3) is 0 Å². The van der Waals surface area contributed by atoms with Crippen molar-refractivity contribution in [3.8, 4) is 10.6 Å². The number of nitrogens with zero attached hydrogens (tertiary/aromatic N) is 2. The maximum Gasteiger partial charge on any atom is 0.124 e. The fraction of sp³-hybridized carbons (Fsp3) is 0.500. The van der Waals surface area contributed by atoms with E-state index in [4.69, 9.17) is 10.7 Å². The molecule has 19 heavy (non-hydrogen) atoms. The first-order chi connectivity index (χ1) is 9.22. The van der Waals surface area contributed by atoms with E-state index in [0.29, 0.717) is 12.0 Å². The van der Waals surface area contributed by atoms with Gasteiger partial charge in [-0.15, -0.1) is 11.3 Å². The first kappa shape index (κ1) is 13.2. The maximum atomic E-state index is 6.06. The van der Waals surface area contributed by atoms with Crippen molar-refractivity contribution in [2.45, 2.75) is 25.9 Å². The summed E-state index contributed by atoms with van der Waals surface area (Å²) in [5.74, 6) is 0.587. The van der Waals surface area contributed by atoms with Crippen molar-refractivity contribution >= 4 is 22.7 Å². The molecule has 2 unspecified atom stereocenters. The molecule has 5 heteroatoms. The van der Waals surface area contributed by atoms with E-state index in [-0.39, 0.29) is 0 Å². The summed E-state index contributed by atoms with van der Waals surface area (Å²) in [6.07, 6.45) is 1.10. The fourth-order valence-corrected chi connectivity index (χ4v) is 4.04. The molecule has 3 rings (SSSR count). The topological polar surface area (TPSA) is 42.2 Å². The molecule has 1 fully saturated rings. The monoisotopic (exact) mass is 293 g/mol. The maximum absolute atomic E-state index is 6.06. The van der Waals surface area contributed by atoms with Gasteiger partial charge in [0, 0.05) is 42.0 Å². The largest absolute Gasteiger partial charge is 0.327 e. The Labute approximate surface area is 122 Å². The van der Waals surface area contributed by atoms with Crippen LogP contribution in [0.5, 0.6) is 0 Å². The van der Waals surface area contributed by atoms with Gasteiger partial charge in [-0.1, -0.05) is 6.92 Å². The summed E-state index contributed by atoms with van der Waals surface area (Å²) in [4.78, 5) is 7.22. The zero-order chi connectivity index (χ0) is 13.2. The average molecular weight is 293 g/mol. The molecule has 3 heterocycles. The van der Waals surface area contributed by atoms with Gasteiger partial charge in [-0.25, -0.2) is 4.98 Å². The summed E-state index contributed by atoms with van der Waals surface area (Å²) in [5, 5.41) is 7.58. The van der Waals surface area contributed by atoms with Crippen LogP contribution in [0.25, 0.3) is 10.6 Å². The molecule has 0 aromatic carbocycles. The Hall–Kier alpha value is -0.750. The third kappa shape index (κ3) is 3.05. The number of thiazole rings is 1. The second-order valence-electron chi connectivity index (χ2n) is 5.32. The number of rotatable bonds is 3. The van der Waals surface area contributed by atoms with E-state index in [9.17, 15) is 0 Å². The molecule has 2 atom stereocenters. The predicted octanol–water partition coefficient (Wildman–Crippen LogP) is 3.04. The lowest BCUT2D eigenvalue weighted by Gasteiger charge is -2.34. The molecule has 0 bridgehead atoms. The van der Waals surface area contributed by atoms with Crippen molar-refractivity contribution in [2.24, 2.45) is 11.7 Å². The molecule has 3 nitrogen and oxygen atoms in total. The minimum atomic E-state index is 0.369. The van der Waals surface area contributed by atoms with E-state index in [1.807, 2.05) is 0 Å². The van der Waals surface area contributed by atoms with Gasteiger partial charge in [-0.2, -0.15) is 11.3 Å². The third-order valence-corrected chi connectivity index (χ3v) is 5.38. The van der Waals surface area contributed by atoms with Gasteiger partial charge < -0.3 is 5.73 Å². The van der Waals surface area contributed by atoms with Crippen LogP contribution in [0.4, 0.5) is 0 Å². The van der Waals surface area contributed by atoms with E-state index >= 15 is 0 Å². The standard InChI is InChI=1S/C14H19N3S2/c1-10-6-17(4-2-13(10)15)7-12-9-19-14(16-12)11-3-5-18-8-11/h3,5,8-10,13H,2,4,6-7,15H2,1H3. The predicted molar refractivity (Wildman–Crippen MR) is 82.5 cm³/mol. The van der Waals surface area contributed by atoms with Gasteiger partial charge >= 0.3 is 0 Å². The normalized spacial score (nSPS) is 24.7. The van der Waals surface area contributed by atoms with Crippen molar-refractivity contribution in [3.05, 3.63) is 27.9 Å². The van der Waals surface area contributed by atoms with Crippen LogP contribution in [-0.2, 0) is 6.54 Å². The van der Waals surface area contributed by atoms with Gasteiger partial charge in [-0.3, -0.25) is 4.90 Å². The number of hydrogen-bond donors (Lipinski definition) is 1. The van der Waals surface area contributed by atoms with Crippen LogP contribution in [0.3, 0.4) is 0 Å². The van der Waals surface area contributed by atoms with Crippen LogP contribution in [0, 0.1) is 5.92 Å². The second-order valence-corrected chi connectivity index (χ2v) is 6.96. The summed E-state index contributed by atoms with van der Waals surface area (Å²) >= 11 is 3.46. The SMILES string of the molecule is CC1CN(Cc2csc(-c3ccsc3)n2)CCC1N. The molecule has 1 saturated heterocycles. The van der Waals surface area contributed by atoms with Crippen molar-refractivity contribution in [1.29, 1.82) is 0 Å². The molecule has 2 aromatic heterocycles. The first-order valence-electron chi connectivity index (χ1n) is 6.67. The molecule has 2 N–H and O–H groups in total. The molecule has 102 valence electrons. The van der Waals surface area contributed by atoms with Crippen LogP contribution >= 0.6 is 22.7 Å². The Balaban J connectivity index is 1.64. The highest BCUT2D eigenvalue weighted by molar-refractivity contribution is 7.14. The zero-order valence-electron chi connectivity index (χ0n) is 11.1. The lowest BCUT2D eigenvalue weighted by Crippen LogP contribution is -2.45. The van der Waals surface area contributed by atoms with Crippen molar-refractivity contribution in [3.63, 3.8) is 0 Å². The van der Waals surface area contributed by atoms with Crippen molar-refractivity contribution in [2.75, 3.05) is 13.1 Å². The number of hydrogen-bond acceptors (Lipinski definition) is 5. The quantitative estimate of drug-likeness (QED) is 0.946. The Bertz CT molecular complexity index is 521. The Morgan fingerprint density at radius 2 is 2.37 bits per heavy atom. The summed E-state index contributed by atoms with van der Waals surface area (Å²) in [7, 11) is 0. The molecule has 0 aliphatic carbocycles. The summed E-state index contributed by atoms with van der Waals surface area (Å²) in [6.45, 7) is 5.38. The number of thiophene rings is 1. The van der Waals surface area contributed by atoms with E-state index in [1.54, 1.807) is 22.7 Å². The summed E-state index contributed by atoms with van der Waals surface area (Å²) in [6, 6.07) is 2.50. The van der Waals surface area contributed by atoms with Crippen molar-refractivity contribution in [1.82, 2.24) is 9.88 Å². The van der Waals surface area contributed by atoms with E-state index in [2.05, 4.69) is 34.0 Å². The first-order valence-corrected chi connectivity index (χ1v) is 8.49. The van der Waals surface area contributed by atoms with Gasteiger partial charge in [0.2, 0.25) is 0 Å². The Morgan fingerprint density at radius 1 is 1.47 bits per heavy atom. The van der Waals surface area contributed by atoms with Gasteiger partial charge in [-0.05, 0) is 23.8 Å². The molecule has 0 saturated carbocycles. The molecular weight excluding hydrogens is 274 g/mol. The lowest BCUT2D eigenvalue weighted by atomic mass is 9.95. The van der Waals surface area contributed by atoms with Gasteiger partial charge in [0.1, 0.15) is 5.01 Å². The molecule has 1 aliphatic rings. The van der Waals surface area contributed by atoms with Crippen LogP contribution < -0.4 is 5.73 Å². The van der Waals surface area contributed by atoms with Crippen LogP contribution in [-0.4, -0.2) is 29.0 Å². The number of nitrogens with two attached hydrogens (primary N) is 1. The van der Waals surface area contributed by atoms with Crippen molar-refractivity contribution < 1.29 is 0 Å². The lowest BCUT2D eigenvalue weighted by molar-refractivity contribution is 0.156. The molecule has 0 amide bonds. The van der Waals surface area contributed by atoms with E-state index in [1.165, 1.54) is 11.3 Å². The smallest absolute Gasteiger partial charge is 0.124 e. The number of likely N-dealkylation sites (tertiary alicyclic amines) is 1. The average Bonchev–Trinajstić information content (AvgIpc) is 3.04. The Morgan fingerprint density at radius 3 is 3.11 bits per heavy atom. The van der Waals surface area contributed by atoms with E-state index < -0.39 is 0 Å². The molecule has 2 aromatic rings. The van der Waals surface area contributed by atoms with E-state index in [0.717, 1.165) is 31.1 Å². The minimum absolute atomic E-state index is 0.369. The summed E-state index contributed by atoms with van der Waals surface area (Å²) < 4.78 is 0. The molecule has 0 radical (unpaired) electrons. The minimum Gasteiger partial charge on any atom is -0.327 e. The highest BCUT2D eigenvalue weighted by atomic mass is 32.1. The fourth-order valence-electron chi connectivity index (χ4n) is 2.52. The number of aromatic nitrogens is 1.